The molecule has 1 aromatic carbocycles. The summed E-state index contributed by atoms with van der Waals surface area (Å²) in [6.07, 6.45) is 3.54. The molecule has 0 radical (unpaired) electrons. The molecule has 3 aliphatic rings. The Bertz CT molecular complexity index is 552. The second kappa shape index (κ2) is 8.26. The molecule has 130 valence electrons. The summed E-state index contributed by atoms with van der Waals surface area (Å²) in [5.74, 6) is -0.963. The van der Waals surface area contributed by atoms with Crippen LogP contribution in [0, 0.1) is 0 Å². The van der Waals surface area contributed by atoms with E-state index in [4.69, 9.17) is 4.74 Å². The van der Waals surface area contributed by atoms with Gasteiger partial charge in [0.25, 0.3) is 0 Å². The van der Waals surface area contributed by atoms with Gasteiger partial charge in [-0.05, 0) is 37.9 Å². The van der Waals surface area contributed by atoms with Crippen LogP contribution >= 0.6 is 0 Å². The molecule has 4 rings (SSSR count). The molecule has 2 amide bonds. The maximum Gasteiger partial charge on any atom is 0.312 e. The lowest BCUT2D eigenvalue weighted by Crippen LogP contribution is -2.66. The van der Waals surface area contributed by atoms with Crippen molar-refractivity contribution in [3.05, 3.63) is 35.9 Å². The van der Waals surface area contributed by atoms with Crippen LogP contribution in [-0.4, -0.2) is 55.1 Å². The van der Waals surface area contributed by atoms with E-state index in [0.717, 1.165) is 12.0 Å². The van der Waals surface area contributed by atoms with Gasteiger partial charge in [-0.3, -0.25) is 9.59 Å². The smallest absolute Gasteiger partial charge is 0.312 e. The first-order valence-electron chi connectivity index (χ1n) is 8.69. The van der Waals surface area contributed by atoms with Crippen molar-refractivity contribution in [3.63, 3.8) is 0 Å². The number of ether oxygens (including phenoxy) is 1. The van der Waals surface area contributed by atoms with Crippen LogP contribution in [-0.2, 0) is 20.9 Å². The van der Waals surface area contributed by atoms with Crippen LogP contribution in [0.25, 0.3) is 0 Å². The summed E-state index contributed by atoms with van der Waals surface area (Å²) in [5, 5.41) is 6.00. The van der Waals surface area contributed by atoms with Gasteiger partial charge in [-0.15, -0.1) is 0 Å². The molecule has 0 aromatic heterocycles. The molecule has 3 saturated heterocycles. The van der Waals surface area contributed by atoms with Crippen molar-refractivity contribution in [1.29, 1.82) is 0 Å². The number of hydrogen-bond acceptors (Lipinski definition) is 4. The number of nitrogens with one attached hydrogen (secondary N) is 2. The molecule has 2 N–H and O–H groups in total. The van der Waals surface area contributed by atoms with E-state index >= 15 is 0 Å². The third kappa shape index (κ3) is 4.13. The molecular weight excluding hydrogens is 306 g/mol. The molecule has 0 saturated carbocycles. The van der Waals surface area contributed by atoms with E-state index < -0.39 is 11.8 Å². The van der Waals surface area contributed by atoms with Gasteiger partial charge in [0.1, 0.15) is 0 Å². The topological polar surface area (TPSA) is 70.7 Å². The number of nitrogens with zero attached hydrogens (tertiary/aromatic N) is 1. The fourth-order valence-electron chi connectivity index (χ4n) is 3.30. The Labute approximate surface area is 142 Å². The number of carbonyl (C=O) groups excluding carboxylic acids is 2. The Morgan fingerprint density at radius 3 is 2.54 bits per heavy atom. The highest BCUT2D eigenvalue weighted by atomic mass is 16.5. The van der Waals surface area contributed by atoms with E-state index in [2.05, 4.69) is 10.6 Å². The standard InChI is InChI=1S/C14H16N2O3.C4H9N/c17-13-14(18)16(8-10-4-2-1-3-5-10)12-9-19-7-6-11(12)15-13;1-2-4-5-3-1/h1-5,11-12H,6-9H2,(H,15,17);5H,1-4H2/t11?,12-;/m1./s1. The number of piperazine rings is 1. The summed E-state index contributed by atoms with van der Waals surface area (Å²) in [6.45, 7) is 4.08. The normalized spacial score (nSPS) is 26.2. The van der Waals surface area contributed by atoms with E-state index in [1.54, 1.807) is 4.90 Å². The van der Waals surface area contributed by atoms with E-state index in [0.29, 0.717) is 19.8 Å². The first-order valence-corrected chi connectivity index (χ1v) is 8.69. The molecule has 1 aromatic rings. The number of hydrogen-bond donors (Lipinski definition) is 2. The highest BCUT2D eigenvalue weighted by molar-refractivity contribution is 6.35. The minimum absolute atomic E-state index is 0.0164. The zero-order valence-corrected chi connectivity index (χ0v) is 13.9. The van der Waals surface area contributed by atoms with E-state index in [1.165, 1.54) is 25.9 Å². The molecule has 2 atom stereocenters. The number of carbonyl (C=O) groups is 2. The van der Waals surface area contributed by atoms with Gasteiger partial charge >= 0.3 is 11.8 Å². The largest absolute Gasteiger partial charge is 0.379 e. The summed E-state index contributed by atoms with van der Waals surface area (Å²) >= 11 is 0. The predicted molar refractivity (Wildman–Crippen MR) is 90.3 cm³/mol. The van der Waals surface area contributed by atoms with Crippen LogP contribution in [0.2, 0.25) is 0 Å². The van der Waals surface area contributed by atoms with Crippen LogP contribution in [0.15, 0.2) is 30.3 Å². The van der Waals surface area contributed by atoms with Crippen molar-refractivity contribution in [2.45, 2.75) is 37.9 Å². The molecule has 0 spiro atoms. The Balaban J connectivity index is 0.000000290. The second-order valence-electron chi connectivity index (χ2n) is 6.39. The van der Waals surface area contributed by atoms with Crippen molar-refractivity contribution < 1.29 is 14.3 Å². The Morgan fingerprint density at radius 2 is 1.88 bits per heavy atom. The van der Waals surface area contributed by atoms with Crippen LogP contribution in [0.4, 0.5) is 0 Å². The molecular formula is C18H25N3O3. The Morgan fingerprint density at radius 1 is 1.12 bits per heavy atom. The molecule has 0 aliphatic carbocycles. The maximum absolute atomic E-state index is 12.0. The average Bonchev–Trinajstić information content (AvgIpc) is 3.20. The van der Waals surface area contributed by atoms with Crippen LogP contribution in [0.3, 0.4) is 0 Å². The molecule has 0 bridgehead atoms. The van der Waals surface area contributed by atoms with Gasteiger partial charge in [0.2, 0.25) is 0 Å². The lowest BCUT2D eigenvalue weighted by molar-refractivity contribution is -0.157. The minimum Gasteiger partial charge on any atom is -0.379 e. The fraction of sp³-hybridized carbons (Fsp3) is 0.556. The highest BCUT2D eigenvalue weighted by Crippen LogP contribution is 2.21. The Kier molecular flexibility index (Phi) is 5.82. The first-order chi connectivity index (χ1) is 11.8. The summed E-state index contributed by atoms with van der Waals surface area (Å²) in [7, 11) is 0. The summed E-state index contributed by atoms with van der Waals surface area (Å²) in [5.41, 5.74) is 1.02. The number of amides is 2. The monoisotopic (exact) mass is 331 g/mol. The van der Waals surface area contributed by atoms with Crippen molar-refractivity contribution in [2.24, 2.45) is 0 Å². The summed E-state index contributed by atoms with van der Waals surface area (Å²) in [4.78, 5) is 25.4. The fourth-order valence-corrected chi connectivity index (χ4v) is 3.30. The summed E-state index contributed by atoms with van der Waals surface area (Å²) < 4.78 is 5.45. The van der Waals surface area contributed by atoms with Gasteiger partial charge in [-0.1, -0.05) is 30.3 Å². The second-order valence-corrected chi connectivity index (χ2v) is 6.39. The molecule has 24 heavy (non-hydrogen) atoms. The maximum atomic E-state index is 12.0. The van der Waals surface area contributed by atoms with Crippen molar-refractivity contribution in [2.75, 3.05) is 26.3 Å². The lowest BCUT2D eigenvalue weighted by atomic mass is 9.98. The third-order valence-electron chi connectivity index (χ3n) is 4.65. The van der Waals surface area contributed by atoms with Crippen LogP contribution < -0.4 is 10.6 Å². The third-order valence-corrected chi connectivity index (χ3v) is 4.65. The van der Waals surface area contributed by atoms with E-state index in [1.807, 2.05) is 30.3 Å². The quantitative estimate of drug-likeness (QED) is 0.782. The van der Waals surface area contributed by atoms with Crippen LogP contribution in [0.5, 0.6) is 0 Å². The van der Waals surface area contributed by atoms with Gasteiger partial charge in [0.05, 0.1) is 18.7 Å². The zero-order valence-electron chi connectivity index (χ0n) is 13.9. The van der Waals surface area contributed by atoms with Crippen molar-refractivity contribution >= 4 is 11.8 Å². The van der Waals surface area contributed by atoms with E-state index in [9.17, 15) is 9.59 Å². The highest BCUT2D eigenvalue weighted by Gasteiger charge is 2.41. The van der Waals surface area contributed by atoms with Gasteiger partial charge in [-0.25, -0.2) is 0 Å². The van der Waals surface area contributed by atoms with Gasteiger partial charge < -0.3 is 20.3 Å². The van der Waals surface area contributed by atoms with Crippen molar-refractivity contribution in [3.8, 4) is 0 Å². The average molecular weight is 331 g/mol. The minimum atomic E-state index is -0.501. The lowest BCUT2D eigenvalue weighted by Gasteiger charge is -2.43. The first kappa shape index (κ1) is 16.9. The number of fused-ring (bicyclic) bond motifs is 1. The molecule has 1 unspecified atom stereocenters. The zero-order chi connectivity index (χ0) is 16.8. The Hall–Kier alpha value is -1.92. The predicted octanol–water partition coefficient (Wildman–Crippen LogP) is 0.672. The molecule has 3 heterocycles. The van der Waals surface area contributed by atoms with Crippen molar-refractivity contribution in [1.82, 2.24) is 15.5 Å². The molecule has 6 nitrogen and oxygen atoms in total. The van der Waals surface area contributed by atoms with E-state index in [-0.39, 0.29) is 12.1 Å². The molecule has 3 fully saturated rings. The van der Waals surface area contributed by atoms with Gasteiger partial charge in [0.15, 0.2) is 0 Å². The van der Waals surface area contributed by atoms with Gasteiger partial charge in [-0.2, -0.15) is 0 Å². The molecule has 3 aliphatic heterocycles. The number of rotatable bonds is 2. The van der Waals surface area contributed by atoms with Crippen LogP contribution in [0.1, 0.15) is 24.8 Å². The SMILES string of the molecule is C1CCNC1.O=C1NC2CCOC[C@H]2N(Cc2ccccc2)C1=O. The van der Waals surface area contributed by atoms with Gasteiger partial charge in [0, 0.05) is 13.2 Å². The molecule has 6 heteroatoms. The number of benzene rings is 1. The summed E-state index contributed by atoms with van der Waals surface area (Å²) in [6, 6.07) is 9.66.